The number of fused-ring (bicyclic) bond motifs is 3. The molecule has 3 rings (SSSR count). The van der Waals surface area contributed by atoms with Crippen molar-refractivity contribution in [2.45, 2.75) is 43.3 Å². The topological polar surface area (TPSA) is 0 Å². The summed E-state index contributed by atoms with van der Waals surface area (Å²) < 4.78 is 27.4. The van der Waals surface area contributed by atoms with E-state index < -0.39 is 4.75 Å². The molecule has 92 valence electrons. The van der Waals surface area contributed by atoms with Crippen molar-refractivity contribution in [3.05, 3.63) is 34.9 Å². The molecule has 0 saturated heterocycles. The predicted molar refractivity (Wildman–Crippen MR) is 67.3 cm³/mol. The van der Waals surface area contributed by atoms with Crippen molar-refractivity contribution in [3.8, 4) is 0 Å². The van der Waals surface area contributed by atoms with Crippen LogP contribution in [-0.2, 0) is 11.2 Å². The average molecular weight is 254 g/mol. The quantitative estimate of drug-likeness (QED) is 0.658. The summed E-state index contributed by atoms with van der Waals surface area (Å²) in [5.74, 6) is -0.134. The van der Waals surface area contributed by atoms with Crippen molar-refractivity contribution in [1.82, 2.24) is 0 Å². The lowest BCUT2D eigenvalue weighted by Gasteiger charge is -2.45. The first kappa shape index (κ1) is 11.5. The smallest absolute Gasteiger partial charge is 0.128 e. The van der Waals surface area contributed by atoms with Gasteiger partial charge in [0.2, 0.25) is 0 Å². The number of thiol groups is 1. The highest BCUT2D eigenvalue weighted by molar-refractivity contribution is 7.81. The maximum atomic E-state index is 14.1. The fourth-order valence-electron chi connectivity index (χ4n) is 3.57. The van der Waals surface area contributed by atoms with Crippen LogP contribution in [0.15, 0.2) is 12.1 Å². The first-order valence-corrected chi connectivity index (χ1v) is 6.77. The standard InChI is InChI=1S/C14H16F2S/c15-11-6-7-12(16)13-10(11)5-4-9-3-1-2-8-14(9,13)17/h6-7,9,17H,1-5,8H2/t9?,14-/m0/s1. The molecular formula is C14H16F2S. The van der Waals surface area contributed by atoms with Gasteiger partial charge in [0.1, 0.15) is 11.6 Å². The van der Waals surface area contributed by atoms with E-state index in [-0.39, 0.29) is 11.6 Å². The molecule has 0 bridgehead atoms. The van der Waals surface area contributed by atoms with E-state index in [1.807, 2.05) is 0 Å². The Bertz CT molecular complexity index is 458. The summed E-state index contributed by atoms with van der Waals surface area (Å²) in [6.45, 7) is 0. The molecule has 0 heterocycles. The third kappa shape index (κ3) is 1.62. The van der Waals surface area contributed by atoms with Crippen LogP contribution in [-0.4, -0.2) is 0 Å². The number of rotatable bonds is 0. The maximum Gasteiger partial charge on any atom is 0.128 e. The zero-order chi connectivity index (χ0) is 12.0. The Morgan fingerprint density at radius 3 is 2.71 bits per heavy atom. The van der Waals surface area contributed by atoms with Gasteiger partial charge >= 0.3 is 0 Å². The van der Waals surface area contributed by atoms with Gasteiger partial charge in [0.15, 0.2) is 0 Å². The van der Waals surface area contributed by atoms with Gasteiger partial charge in [-0.3, -0.25) is 0 Å². The molecule has 1 fully saturated rings. The molecule has 0 amide bonds. The second-order valence-corrected chi connectivity index (χ2v) is 6.09. The molecule has 2 atom stereocenters. The second-order valence-electron chi connectivity index (χ2n) is 5.29. The van der Waals surface area contributed by atoms with Gasteiger partial charge in [0, 0.05) is 10.3 Å². The summed E-state index contributed by atoms with van der Waals surface area (Å²) >= 11 is 4.77. The summed E-state index contributed by atoms with van der Waals surface area (Å²) in [4.78, 5) is 0. The van der Waals surface area contributed by atoms with Gasteiger partial charge in [0.25, 0.3) is 0 Å². The van der Waals surface area contributed by atoms with Crippen LogP contribution in [0.1, 0.15) is 43.2 Å². The zero-order valence-electron chi connectivity index (χ0n) is 9.68. The minimum Gasteiger partial charge on any atom is -0.207 e. The molecule has 1 aromatic rings. The fourth-order valence-corrected chi connectivity index (χ4v) is 4.22. The van der Waals surface area contributed by atoms with Crippen molar-refractivity contribution in [3.63, 3.8) is 0 Å². The Morgan fingerprint density at radius 2 is 1.88 bits per heavy atom. The summed E-state index contributed by atoms with van der Waals surface area (Å²) in [5.41, 5.74) is 1.12. The molecule has 1 aromatic carbocycles. The van der Waals surface area contributed by atoms with Crippen LogP contribution in [0.5, 0.6) is 0 Å². The van der Waals surface area contributed by atoms with Crippen molar-refractivity contribution < 1.29 is 8.78 Å². The van der Waals surface area contributed by atoms with E-state index in [4.69, 9.17) is 12.6 Å². The van der Waals surface area contributed by atoms with Crippen molar-refractivity contribution in [1.29, 1.82) is 0 Å². The van der Waals surface area contributed by atoms with E-state index in [0.717, 1.165) is 25.7 Å². The van der Waals surface area contributed by atoms with E-state index in [0.29, 0.717) is 23.5 Å². The summed E-state index contributed by atoms with van der Waals surface area (Å²) in [6, 6.07) is 2.50. The van der Waals surface area contributed by atoms with Gasteiger partial charge in [-0.15, -0.1) is 0 Å². The minimum absolute atomic E-state index is 0.265. The number of halogens is 2. The van der Waals surface area contributed by atoms with Crippen molar-refractivity contribution in [2.75, 3.05) is 0 Å². The highest BCUT2D eigenvalue weighted by Crippen LogP contribution is 2.53. The Labute approximate surface area is 106 Å². The van der Waals surface area contributed by atoms with Crippen LogP contribution in [0, 0.1) is 17.6 Å². The van der Waals surface area contributed by atoms with E-state index in [9.17, 15) is 8.78 Å². The van der Waals surface area contributed by atoms with Crippen LogP contribution in [0.4, 0.5) is 8.78 Å². The second kappa shape index (κ2) is 3.98. The maximum absolute atomic E-state index is 14.1. The zero-order valence-corrected chi connectivity index (χ0v) is 10.6. The third-order valence-electron chi connectivity index (χ3n) is 4.42. The lowest BCUT2D eigenvalue weighted by atomic mass is 9.67. The van der Waals surface area contributed by atoms with Gasteiger partial charge in [-0.2, -0.15) is 12.6 Å². The highest BCUT2D eigenvalue weighted by atomic mass is 32.1. The highest BCUT2D eigenvalue weighted by Gasteiger charge is 2.45. The van der Waals surface area contributed by atoms with Crippen LogP contribution in [0.2, 0.25) is 0 Å². The van der Waals surface area contributed by atoms with Crippen LogP contribution >= 0.6 is 12.6 Å². The van der Waals surface area contributed by atoms with Crippen LogP contribution in [0.3, 0.4) is 0 Å². The Balaban J connectivity index is 2.19. The van der Waals surface area contributed by atoms with Gasteiger partial charge in [-0.25, -0.2) is 8.78 Å². The fraction of sp³-hybridized carbons (Fsp3) is 0.571. The number of benzene rings is 1. The van der Waals surface area contributed by atoms with Gasteiger partial charge in [-0.1, -0.05) is 12.8 Å². The van der Waals surface area contributed by atoms with E-state index in [2.05, 4.69) is 0 Å². The van der Waals surface area contributed by atoms with E-state index in [1.54, 1.807) is 0 Å². The monoisotopic (exact) mass is 254 g/mol. The molecule has 0 spiro atoms. The molecule has 17 heavy (non-hydrogen) atoms. The predicted octanol–water partition coefficient (Wildman–Crippen LogP) is 4.23. The van der Waals surface area contributed by atoms with Crippen LogP contribution in [0.25, 0.3) is 0 Å². The lowest BCUT2D eigenvalue weighted by molar-refractivity contribution is 0.238. The average Bonchev–Trinajstić information content (AvgIpc) is 2.32. The van der Waals surface area contributed by atoms with Crippen molar-refractivity contribution >= 4 is 12.6 Å². The van der Waals surface area contributed by atoms with E-state index in [1.165, 1.54) is 18.6 Å². The summed E-state index contributed by atoms with van der Waals surface area (Å²) in [6.07, 6.45) is 5.82. The molecule has 1 unspecified atom stereocenters. The molecule has 2 aliphatic carbocycles. The number of hydrogen-bond donors (Lipinski definition) is 1. The molecule has 1 saturated carbocycles. The van der Waals surface area contributed by atoms with Crippen LogP contribution < -0.4 is 0 Å². The third-order valence-corrected chi connectivity index (χ3v) is 5.23. The Kier molecular flexibility index (Phi) is 2.69. The Hall–Kier alpha value is -0.570. The van der Waals surface area contributed by atoms with Gasteiger partial charge in [0.05, 0.1) is 0 Å². The first-order valence-electron chi connectivity index (χ1n) is 6.32. The molecule has 0 nitrogen and oxygen atoms in total. The first-order chi connectivity index (χ1) is 8.13. The summed E-state index contributed by atoms with van der Waals surface area (Å²) in [5, 5.41) is 0. The van der Waals surface area contributed by atoms with Crippen molar-refractivity contribution in [2.24, 2.45) is 5.92 Å². The molecule has 0 aromatic heterocycles. The minimum atomic E-state index is -0.433. The lowest BCUT2D eigenvalue weighted by Crippen LogP contribution is -2.38. The van der Waals surface area contributed by atoms with Gasteiger partial charge in [-0.05, 0) is 49.3 Å². The Morgan fingerprint density at radius 1 is 1.12 bits per heavy atom. The molecular weight excluding hydrogens is 238 g/mol. The summed E-state index contributed by atoms with van der Waals surface area (Å²) in [7, 11) is 0. The normalized spacial score (nSPS) is 31.8. The molecule has 3 heteroatoms. The molecule has 2 aliphatic rings. The largest absolute Gasteiger partial charge is 0.207 e. The molecule has 0 aliphatic heterocycles. The molecule has 0 N–H and O–H groups in total. The number of hydrogen-bond acceptors (Lipinski definition) is 1. The SMILES string of the molecule is Fc1ccc(F)c2c1CCC1CCCC[C@@]21S. The molecule has 0 radical (unpaired) electrons. The van der Waals surface area contributed by atoms with E-state index >= 15 is 0 Å². The van der Waals surface area contributed by atoms with Gasteiger partial charge < -0.3 is 0 Å².